The van der Waals surface area contributed by atoms with E-state index in [4.69, 9.17) is 0 Å². The molecule has 1 saturated heterocycles. The van der Waals surface area contributed by atoms with Crippen LogP contribution in [0.3, 0.4) is 0 Å². The molecule has 0 N–H and O–H groups in total. The molecule has 0 unspecified atom stereocenters. The van der Waals surface area contributed by atoms with Crippen LogP contribution in [0.4, 0.5) is 14.6 Å². The van der Waals surface area contributed by atoms with Crippen LogP contribution in [0.5, 0.6) is 0 Å². The number of nitrogens with zero attached hydrogens (tertiary/aromatic N) is 7. The highest BCUT2D eigenvalue weighted by atomic mass is 19.3. The van der Waals surface area contributed by atoms with Crippen LogP contribution in [0, 0.1) is 0 Å². The number of hydrogen-bond acceptors (Lipinski definition) is 7. The highest BCUT2D eigenvalue weighted by Gasteiger charge is 2.40. The van der Waals surface area contributed by atoms with Crippen LogP contribution in [0.1, 0.15) is 43.5 Å². The van der Waals surface area contributed by atoms with Crippen molar-refractivity contribution in [1.29, 1.82) is 0 Å². The van der Waals surface area contributed by atoms with Crippen molar-refractivity contribution in [2.45, 2.75) is 45.1 Å². The monoisotopic (exact) mass is 401 g/mol. The summed E-state index contributed by atoms with van der Waals surface area (Å²) in [6.07, 6.45) is 1.30. The van der Waals surface area contributed by atoms with Gasteiger partial charge in [0.05, 0.1) is 6.54 Å². The lowest BCUT2D eigenvalue weighted by atomic mass is 9.96. The van der Waals surface area contributed by atoms with Gasteiger partial charge in [-0.1, -0.05) is 32.1 Å². The predicted octanol–water partition coefficient (Wildman–Crippen LogP) is 2.64. The normalized spacial score (nSPS) is 16.5. The number of pyridine rings is 1. The number of carbonyl (C=O) groups is 1. The molecule has 0 saturated carbocycles. The van der Waals surface area contributed by atoms with Gasteiger partial charge in [-0.05, 0) is 12.1 Å². The lowest BCUT2D eigenvalue weighted by Gasteiger charge is -2.22. The lowest BCUT2D eigenvalue weighted by Crippen LogP contribution is -2.27. The Morgan fingerprint density at radius 1 is 1.24 bits per heavy atom. The molecule has 0 radical (unpaired) electrons. The van der Waals surface area contributed by atoms with Crippen LogP contribution >= 0.6 is 0 Å². The second-order valence-electron chi connectivity index (χ2n) is 8.21. The van der Waals surface area contributed by atoms with E-state index in [1.54, 1.807) is 18.2 Å². The van der Waals surface area contributed by atoms with Gasteiger partial charge in [-0.25, -0.2) is 23.4 Å². The zero-order valence-electron chi connectivity index (χ0n) is 16.4. The number of anilines is 1. The summed E-state index contributed by atoms with van der Waals surface area (Å²) in [5.74, 6) is -2.22. The van der Waals surface area contributed by atoms with Gasteiger partial charge < -0.3 is 4.90 Å². The van der Waals surface area contributed by atoms with Gasteiger partial charge in [0.1, 0.15) is 18.1 Å². The number of fused-ring (bicyclic) bond motifs is 1. The van der Waals surface area contributed by atoms with Crippen molar-refractivity contribution in [3.05, 3.63) is 35.9 Å². The Hall–Kier alpha value is -3.04. The largest absolute Gasteiger partial charge is 0.348 e. The van der Waals surface area contributed by atoms with Crippen molar-refractivity contribution in [1.82, 2.24) is 29.9 Å². The minimum absolute atomic E-state index is 0.107. The average molecular weight is 401 g/mol. The predicted molar refractivity (Wildman–Crippen MR) is 102 cm³/mol. The van der Waals surface area contributed by atoms with Crippen LogP contribution in [0.15, 0.2) is 24.4 Å². The van der Waals surface area contributed by atoms with Crippen molar-refractivity contribution >= 4 is 22.8 Å². The van der Waals surface area contributed by atoms with Gasteiger partial charge in [0.15, 0.2) is 17.0 Å². The molecule has 0 spiro atoms. The van der Waals surface area contributed by atoms with Crippen molar-refractivity contribution in [3.63, 3.8) is 0 Å². The summed E-state index contributed by atoms with van der Waals surface area (Å²) in [7, 11) is 0. The number of ketones is 1. The molecule has 4 rings (SSSR count). The molecule has 10 heteroatoms. The number of carbonyl (C=O) groups excluding carboxylic acids is 1. The molecule has 1 aliphatic heterocycles. The summed E-state index contributed by atoms with van der Waals surface area (Å²) in [6.45, 7) is 5.44. The Morgan fingerprint density at radius 3 is 2.66 bits per heavy atom. The molecule has 0 amide bonds. The standard InChI is InChI=1S/C19H21F2N7O/c1-18(2,3)17-23-15(27-9-7-19(20,21)11-27)14-16(24-17)28(26-25-14)10-13(29)12-6-4-5-8-22-12/h4-6,8H,7,9-11H2,1-3H3. The van der Waals surface area contributed by atoms with Gasteiger partial charge in [-0.3, -0.25) is 9.78 Å². The maximum atomic E-state index is 13.8. The molecule has 1 fully saturated rings. The van der Waals surface area contributed by atoms with E-state index in [1.165, 1.54) is 15.8 Å². The van der Waals surface area contributed by atoms with Crippen molar-refractivity contribution < 1.29 is 13.6 Å². The first-order valence-electron chi connectivity index (χ1n) is 9.33. The molecule has 0 aliphatic carbocycles. The number of halogens is 2. The summed E-state index contributed by atoms with van der Waals surface area (Å²) in [4.78, 5) is 27.2. The lowest BCUT2D eigenvalue weighted by molar-refractivity contribution is 0.0257. The number of rotatable bonds is 4. The first-order chi connectivity index (χ1) is 13.6. The molecule has 0 aromatic carbocycles. The zero-order chi connectivity index (χ0) is 20.8. The fourth-order valence-electron chi connectivity index (χ4n) is 3.17. The van der Waals surface area contributed by atoms with Gasteiger partial charge in [-0.2, -0.15) is 0 Å². The number of hydrogen-bond donors (Lipinski definition) is 0. The minimum Gasteiger partial charge on any atom is -0.348 e. The molecular formula is C19H21F2N7O. The highest BCUT2D eigenvalue weighted by molar-refractivity contribution is 5.94. The Morgan fingerprint density at radius 2 is 2.03 bits per heavy atom. The van der Waals surface area contributed by atoms with Gasteiger partial charge in [0.2, 0.25) is 5.78 Å². The summed E-state index contributed by atoms with van der Waals surface area (Å²) in [5, 5.41) is 8.16. The topological polar surface area (TPSA) is 89.7 Å². The summed E-state index contributed by atoms with van der Waals surface area (Å²) < 4.78 is 29.0. The summed E-state index contributed by atoms with van der Waals surface area (Å²) >= 11 is 0. The minimum atomic E-state index is -2.77. The van der Waals surface area contributed by atoms with E-state index in [-0.39, 0.29) is 25.3 Å². The van der Waals surface area contributed by atoms with Crippen molar-refractivity contribution in [2.75, 3.05) is 18.0 Å². The fourth-order valence-corrected chi connectivity index (χ4v) is 3.17. The van der Waals surface area contributed by atoms with Gasteiger partial charge in [0, 0.05) is 24.6 Å². The Kier molecular flexibility index (Phi) is 4.51. The molecule has 152 valence electrons. The fraction of sp³-hybridized carbons (Fsp3) is 0.474. The maximum absolute atomic E-state index is 13.8. The number of alkyl halides is 2. The molecule has 3 aromatic rings. The van der Waals surface area contributed by atoms with E-state index in [1.807, 2.05) is 20.8 Å². The summed E-state index contributed by atoms with van der Waals surface area (Å²) in [6, 6.07) is 5.07. The van der Waals surface area contributed by atoms with Gasteiger partial charge in [-0.15, -0.1) is 5.10 Å². The SMILES string of the molecule is CC(C)(C)c1nc(N2CCC(F)(F)C2)c2nnn(CC(=O)c3ccccn3)c2n1. The summed E-state index contributed by atoms with van der Waals surface area (Å²) in [5.41, 5.74) is 0.537. The molecular weight excluding hydrogens is 380 g/mol. The third-order valence-electron chi connectivity index (χ3n) is 4.73. The van der Waals surface area contributed by atoms with Crippen LogP contribution in [-0.2, 0) is 12.0 Å². The second-order valence-corrected chi connectivity index (χ2v) is 8.21. The number of aromatic nitrogens is 6. The van der Waals surface area contributed by atoms with Gasteiger partial charge in [0.25, 0.3) is 5.92 Å². The smallest absolute Gasteiger partial charge is 0.266 e. The Balaban J connectivity index is 1.78. The van der Waals surface area contributed by atoms with E-state index < -0.39 is 17.9 Å². The molecule has 0 atom stereocenters. The Bertz CT molecular complexity index is 1060. The van der Waals surface area contributed by atoms with E-state index in [9.17, 15) is 13.6 Å². The molecule has 8 nitrogen and oxygen atoms in total. The maximum Gasteiger partial charge on any atom is 0.266 e. The average Bonchev–Trinajstić information content (AvgIpc) is 3.24. The molecule has 3 aromatic heterocycles. The molecule has 0 bridgehead atoms. The van der Waals surface area contributed by atoms with Crippen LogP contribution in [0.25, 0.3) is 11.2 Å². The van der Waals surface area contributed by atoms with Crippen LogP contribution in [0.2, 0.25) is 0 Å². The first-order valence-corrected chi connectivity index (χ1v) is 9.33. The quantitative estimate of drug-likeness (QED) is 0.621. The third-order valence-corrected chi connectivity index (χ3v) is 4.73. The van der Waals surface area contributed by atoms with Crippen LogP contribution < -0.4 is 4.90 Å². The van der Waals surface area contributed by atoms with Crippen molar-refractivity contribution in [3.8, 4) is 0 Å². The first kappa shape index (κ1) is 19.3. The van der Waals surface area contributed by atoms with Gasteiger partial charge >= 0.3 is 0 Å². The molecule has 4 heterocycles. The van der Waals surface area contributed by atoms with Crippen molar-refractivity contribution in [2.24, 2.45) is 0 Å². The van der Waals surface area contributed by atoms with Crippen LogP contribution in [-0.4, -0.2) is 54.7 Å². The second kappa shape index (κ2) is 6.78. The van der Waals surface area contributed by atoms with E-state index in [0.717, 1.165) is 0 Å². The van der Waals surface area contributed by atoms with E-state index >= 15 is 0 Å². The third kappa shape index (κ3) is 3.79. The molecule has 1 aliphatic rings. The highest BCUT2D eigenvalue weighted by Crippen LogP contribution is 2.34. The number of Topliss-reactive ketones (excluding diaryl/α,β-unsaturated/α-hetero) is 1. The molecule has 29 heavy (non-hydrogen) atoms. The van der Waals surface area contributed by atoms with E-state index in [0.29, 0.717) is 28.5 Å². The zero-order valence-corrected chi connectivity index (χ0v) is 16.4. The van der Waals surface area contributed by atoms with E-state index in [2.05, 4.69) is 25.3 Å². The Labute approximate surface area is 166 Å².